The molecule has 1 atom stereocenters. The van der Waals surface area contributed by atoms with Gasteiger partial charge in [-0.25, -0.2) is 4.79 Å². The van der Waals surface area contributed by atoms with Crippen LogP contribution in [0.3, 0.4) is 0 Å². The minimum atomic E-state index is -0.00946. The number of nitrogens with one attached hydrogen (secondary N) is 2. The molecule has 20 heavy (non-hydrogen) atoms. The molecule has 0 aromatic heterocycles. The smallest absolute Gasteiger partial charge is 0.317 e. The molecule has 1 aliphatic rings. The van der Waals surface area contributed by atoms with Gasteiger partial charge in [0, 0.05) is 25.2 Å². The van der Waals surface area contributed by atoms with E-state index < -0.39 is 0 Å². The molecule has 0 radical (unpaired) electrons. The average molecular weight is 274 g/mol. The molecule has 108 valence electrons. The fourth-order valence-electron chi connectivity index (χ4n) is 2.51. The minimum Gasteiger partial charge on any atom is -0.384 e. The number of hydrogen-bond donors (Lipinski definition) is 3. The van der Waals surface area contributed by atoms with Crippen LogP contribution >= 0.6 is 0 Å². The van der Waals surface area contributed by atoms with E-state index in [0.29, 0.717) is 18.0 Å². The Labute approximate surface area is 119 Å². The number of amidine groups is 1. The van der Waals surface area contributed by atoms with Gasteiger partial charge in [0.2, 0.25) is 0 Å². The van der Waals surface area contributed by atoms with Crippen LogP contribution in [0.1, 0.15) is 30.9 Å². The van der Waals surface area contributed by atoms with Crippen LogP contribution in [0.4, 0.5) is 4.79 Å². The van der Waals surface area contributed by atoms with Crippen molar-refractivity contribution in [3.63, 3.8) is 0 Å². The van der Waals surface area contributed by atoms with Crippen LogP contribution in [-0.4, -0.2) is 29.9 Å². The third kappa shape index (κ3) is 3.73. The third-order valence-electron chi connectivity index (χ3n) is 3.63. The molecule has 0 aliphatic carbocycles. The molecular formula is C15H22N4O. The Bertz CT molecular complexity index is 500. The van der Waals surface area contributed by atoms with Gasteiger partial charge in [-0.2, -0.15) is 0 Å². The lowest BCUT2D eigenvalue weighted by molar-refractivity contribution is 0.169. The quantitative estimate of drug-likeness (QED) is 0.581. The highest BCUT2D eigenvalue weighted by molar-refractivity contribution is 5.95. The van der Waals surface area contributed by atoms with E-state index in [4.69, 9.17) is 11.1 Å². The second kappa shape index (κ2) is 6.41. The van der Waals surface area contributed by atoms with Gasteiger partial charge in [0.1, 0.15) is 5.84 Å². The van der Waals surface area contributed by atoms with E-state index in [2.05, 4.69) is 12.2 Å². The summed E-state index contributed by atoms with van der Waals surface area (Å²) in [6.45, 7) is 4.31. The fraction of sp³-hybridized carbons (Fsp3) is 0.467. The van der Waals surface area contributed by atoms with Gasteiger partial charge >= 0.3 is 6.03 Å². The van der Waals surface area contributed by atoms with Crippen molar-refractivity contribution in [1.29, 1.82) is 5.41 Å². The Kier molecular flexibility index (Phi) is 4.61. The molecule has 1 fully saturated rings. The summed E-state index contributed by atoms with van der Waals surface area (Å²) in [5.74, 6) is 0.624. The number of carbonyl (C=O) groups excluding carboxylic acids is 1. The number of carbonyl (C=O) groups is 1. The van der Waals surface area contributed by atoms with Crippen molar-refractivity contribution >= 4 is 11.9 Å². The van der Waals surface area contributed by atoms with Crippen LogP contribution in [0.15, 0.2) is 24.3 Å². The molecular weight excluding hydrogens is 252 g/mol. The molecule has 1 aromatic carbocycles. The first-order chi connectivity index (χ1) is 9.56. The highest BCUT2D eigenvalue weighted by Crippen LogP contribution is 2.15. The normalized spacial score (nSPS) is 18.6. The SMILES string of the molecule is CC1CCCN(C(=O)NCc2cccc(C(=N)N)c2)C1. The number of hydrogen-bond acceptors (Lipinski definition) is 2. The fourth-order valence-corrected chi connectivity index (χ4v) is 2.51. The number of nitrogen functional groups attached to an aromatic ring is 1. The summed E-state index contributed by atoms with van der Waals surface area (Å²) >= 11 is 0. The number of piperidine rings is 1. The van der Waals surface area contributed by atoms with Crippen molar-refractivity contribution < 1.29 is 4.79 Å². The van der Waals surface area contributed by atoms with Gasteiger partial charge in [-0.1, -0.05) is 25.1 Å². The lowest BCUT2D eigenvalue weighted by Gasteiger charge is -2.30. The zero-order valence-electron chi connectivity index (χ0n) is 11.9. The summed E-state index contributed by atoms with van der Waals surface area (Å²) in [6.07, 6.45) is 2.28. The lowest BCUT2D eigenvalue weighted by atomic mass is 10.0. The summed E-state index contributed by atoms with van der Waals surface area (Å²) in [7, 11) is 0. The standard InChI is InChI=1S/C15H22N4O/c1-11-4-3-7-19(10-11)15(20)18-9-12-5-2-6-13(8-12)14(16)17/h2,5-6,8,11H,3-4,7,9-10H2,1H3,(H3,16,17)(H,18,20). The number of likely N-dealkylation sites (tertiary alicyclic amines) is 1. The van der Waals surface area contributed by atoms with E-state index in [1.807, 2.05) is 23.1 Å². The number of benzene rings is 1. The molecule has 0 bridgehead atoms. The minimum absolute atomic E-state index is 0.00946. The molecule has 4 N–H and O–H groups in total. The largest absolute Gasteiger partial charge is 0.384 e. The number of nitrogens with zero attached hydrogens (tertiary/aromatic N) is 1. The first kappa shape index (κ1) is 14.4. The molecule has 2 amide bonds. The van der Waals surface area contributed by atoms with Gasteiger partial charge in [0.15, 0.2) is 0 Å². The van der Waals surface area contributed by atoms with Gasteiger partial charge in [-0.3, -0.25) is 5.41 Å². The van der Waals surface area contributed by atoms with Gasteiger partial charge in [0.05, 0.1) is 0 Å². The van der Waals surface area contributed by atoms with Crippen LogP contribution in [-0.2, 0) is 6.54 Å². The van der Waals surface area contributed by atoms with Gasteiger partial charge in [-0.15, -0.1) is 0 Å². The van der Waals surface area contributed by atoms with Crippen LogP contribution < -0.4 is 11.1 Å². The predicted octanol–water partition coefficient (Wildman–Crippen LogP) is 1.91. The van der Waals surface area contributed by atoms with Crippen molar-refractivity contribution in [1.82, 2.24) is 10.2 Å². The Balaban J connectivity index is 1.89. The highest BCUT2D eigenvalue weighted by atomic mass is 16.2. The van der Waals surface area contributed by atoms with Crippen molar-refractivity contribution in [2.45, 2.75) is 26.3 Å². The second-order valence-corrected chi connectivity index (χ2v) is 5.47. The van der Waals surface area contributed by atoms with Gasteiger partial charge in [0.25, 0.3) is 0 Å². The molecule has 5 heteroatoms. The van der Waals surface area contributed by atoms with E-state index in [1.54, 1.807) is 6.07 Å². The molecule has 1 aromatic rings. The molecule has 1 heterocycles. The molecule has 0 saturated carbocycles. The van der Waals surface area contributed by atoms with E-state index in [9.17, 15) is 4.79 Å². The predicted molar refractivity (Wildman–Crippen MR) is 79.7 cm³/mol. The molecule has 1 aliphatic heterocycles. The Morgan fingerprint density at radius 3 is 3.05 bits per heavy atom. The van der Waals surface area contributed by atoms with Gasteiger partial charge in [-0.05, 0) is 30.4 Å². The number of amides is 2. The number of urea groups is 1. The van der Waals surface area contributed by atoms with Gasteiger partial charge < -0.3 is 16.0 Å². The van der Waals surface area contributed by atoms with Crippen LogP contribution in [0, 0.1) is 11.3 Å². The maximum Gasteiger partial charge on any atom is 0.317 e. The third-order valence-corrected chi connectivity index (χ3v) is 3.63. The molecule has 5 nitrogen and oxygen atoms in total. The molecule has 2 rings (SSSR count). The summed E-state index contributed by atoms with van der Waals surface area (Å²) in [4.78, 5) is 14.0. The maximum absolute atomic E-state index is 12.1. The number of nitrogens with two attached hydrogens (primary N) is 1. The lowest BCUT2D eigenvalue weighted by Crippen LogP contribution is -2.44. The first-order valence-electron chi connectivity index (χ1n) is 7.02. The van der Waals surface area contributed by atoms with Crippen molar-refractivity contribution in [3.8, 4) is 0 Å². The van der Waals surface area contributed by atoms with E-state index in [-0.39, 0.29) is 11.9 Å². The zero-order valence-corrected chi connectivity index (χ0v) is 11.9. The van der Waals surface area contributed by atoms with E-state index in [0.717, 1.165) is 25.1 Å². The summed E-state index contributed by atoms with van der Waals surface area (Å²) in [5.41, 5.74) is 7.10. The van der Waals surface area contributed by atoms with Crippen LogP contribution in [0.25, 0.3) is 0 Å². The van der Waals surface area contributed by atoms with Crippen molar-refractivity contribution in [2.75, 3.05) is 13.1 Å². The molecule has 1 unspecified atom stereocenters. The zero-order chi connectivity index (χ0) is 14.5. The van der Waals surface area contributed by atoms with E-state index >= 15 is 0 Å². The second-order valence-electron chi connectivity index (χ2n) is 5.47. The number of rotatable bonds is 3. The van der Waals surface area contributed by atoms with Crippen LogP contribution in [0.2, 0.25) is 0 Å². The van der Waals surface area contributed by atoms with E-state index in [1.165, 1.54) is 6.42 Å². The summed E-state index contributed by atoms with van der Waals surface area (Å²) in [5, 5.41) is 10.3. The van der Waals surface area contributed by atoms with Crippen molar-refractivity contribution in [3.05, 3.63) is 35.4 Å². The first-order valence-corrected chi connectivity index (χ1v) is 7.02. The van der Waals surface area contributed by atoms with Crippen molar-refractivity contribution in [2.24, 2.45) is 11.7 Å². The van der Waals surface area contributed by atoms with Crippen LogP contribution in [0.5, 0.6) is 0 Å². The monoisotopic (exact) mass is 274 g/mol. The summed E-state index contributed by atoms with van der Waals surface area (Å²) < 4.78 is 0. The topological polar surface area (TPSA) is 82.2 Å². The average Bonchev–Trinajstić information content (AvgIpc) is 2.45. The highest BCUT2D eigenvalue weighted by Gasteiger charge is 2.20. The summed E-state index contributed by atoms with van der Waals surface area (Å²) in [6, 6.07) is 7.39. The molecule has 1 saturated heterocycles. The Morgan fingerprint density at radius 1 is 1.55 bits per heavy atom. The maximum atomic E-state index is 12.1. The molecule has 0 spiro atoms. The Morgan fingerprint density at radius 2 is 2.35 bits per heavy atom. The Hall–Kier alpha value is -2.04.